The molecular formula is C10H15N2P. The molecule has 1 aliphatic heterocycles. The Labute approximate surface area is 81.5 Å². The van der Waals surface area contributed by atoms with E-state index >= 15 is 0 Å². The summed E-state index contributed by atoms with van der Waals surface area (Å²) in [6.45, 7) is 2.17. The second-order valence-corrected chi connectivity index (χ2v) is 3.81. The zero-order chi connectivity index (χ0) is 9.52. The fourth-order valence-corrected chi connectivity index (χ4v) is 1.56. The summed E-state index contributed by atoms with van der Waals surface area (Å²) in [6.07, 6.45) is 13.2. The van der Waals surface area contributed by atoms with Crippen LogP contribution in [0.1, 0.15) is 6.42 Å². The van der Waals surface area contributed by atoms with Gasteiger partial charge < -0.3 is 0 Å². The third kappa shape index (κ3) is 4.05. The molecule has 0 radical (unpaired) electrons. The second kappa shape index (κ2) is 5.71. The van der Waals surface area contributed by atoms with Crippen LogP contribution in [0.15, 0.2) is 40.9 Å². The van der Waals surface area contributed by atoms with Gasteiger partial charge in [0.05, 0.1) is 0 Å². The third-order valence-corrected chi connectivity index (χ3v) is 2.52. The lowest BCUT2D eigenvalue weighted by atomic mass is 10.3. The number of allylic oxidation sites excluding steroid dienone is 5. The Hall–Kier alpha value is -0.880. The van der Waals surface area contributed by atoms with Crippen LogP contribution in [0.3, 0.4) is 0 Å². The van der Waals surface area contributed by atoms with Gasteiger partial charge in [-0.3, -0.25) is 5.01 Å². The lowest BCUT2D eigenvalue weighted by molar-refractivity contribution is 0.491. The van der Waals surface area contributed by atoms with Crippen molar-refractivity contribution in [2.75, 3.05) is 13.7 Å². The maximum atomic E-state index is 4.23. The van der Waals surface area contributed by atoms with Gasteiger partial charge in [-0.2, -0.15) is 5.10 Å². The molecule has 13 heavy (non-hydrogen) atoms. The Morgan fingerprint density at radius 2 is 2.31 bits per heavy atom. The van der Waals surface area contributed by atoms with Crippen molar-refractivity contribution < 1.29 is 0 Å². The van der Waals surface area contributed by atoms with Crippen LogP contribution in [0, 0.1) is 0 Å². The van der Waals surface area contributed by atoms with Crippen LogP contribution in [0.25, 0.3) is 0 Å². The molecule has 2 nitrogen and oxygen atoms in total. The standard InChI is InChI=1S/C10H15N2P/c1-12-9-10(13-2)7-5-3-4-6-8-11-12/h3-5,7-9,13H,6H2,1-2H3/b4-3+,7-5-,10-9-,11-8+. The predicted molar refractivity (Wildman–Crippen MR) is 61.5 cm³/mol. The number of hydrazone groups is 1. The molecule has 0 aromatic rings. The Kier molecular flexibility index (Phi) is 4.48. The van der Waals surface area contributed by atoms with Crippen molar-refractivity contribution in [1.82, 2.24) is 5.01 Å². The average Bonchev–Trinajstić information content (AvgIpc) is 2.15. The summed E-state index contributed by atoms with van der Waals surface area (Å²) in [5, 5.41) is 7.40. The van der Waals surface area contributed by atoms with Crippen molar-refractivity contribution in [2.24, 2.45) is 5.10 Å². The van der Waals surface area contributed by atoms with Crippen LogP contribution in [0.2, 0.25) is 0 Å². The first-order valence-corrected chi connectivity index (χ1v) is 5.81. The maximum Gasteiger partial charge on any atom is 0.0302 e. The maximum absolute atomic E-state index is 4.23. The predicted octanol–water partition coefficient (Wildman–Crippen LogP) is 2.57. The molecule has 3 heteroatoms. The first kappa shape index (κ1) is 10.2. The summed E-state index contributed by atoms with van der Waals surface area (Å²) in [5.41, 5.74) is 0. The van der Waals surface area contributed by atoms with Gasteiger partial charge in [0.25, 0.3) is 0 Å². The first-order chi connectivity index (χ1) is 6.33. The van der Waals surface area contributed by atoms with Gasteiger partial charge in [0.2, 0.25) is 0 Å². The molecule has 0 bridgehead atoms. The molecule has 1 atom stereocenters. The molecule has 0 aromatic heterocycles. The Morgan fingerprint density at radius 1 is 1.46 bits per heavy atom. The van der Waals surface area contributed by atoms with E-state index in [1.165, 1.54) is 5.31 Å². The minimum absolute atomic E-state index is 0.805. The smallest absolute Gasteiger partial charge is 0.0302 e. The van der Waals surface area contributed by atoms with E-state index in [1.807, 2.05) is 18.3 Å². The third-order valence-electron chi connectivity index (χ3n) is 1.64. The number of rotatable bonds is 1. The van der Waals surface area contributed by atoms with Crippen molar-refractivity contribution in [1.29, 1.82) is 0 Å². The van der Waals surface area contributed by atoms with E-state index in [9.17, 15) is 0 Å². The van der Waals surface area contributed by atoms with Gasteiger partial charge in [-0.1, -0.05) is 32.9 Å². The normalized spacial score (nSPS) is 29.7. The first-order valence-electron chi connectivity index (χ1n) is 4.31. The minimum atomic E-state index is 0.805. The number of hydrogen-bond donors (Lipinski definition) is 0. The molecule has 0 N–H and O–H groups in total. The molecule has 0 aromatic carbocycles. The SMILES string of the molecule is CPC1=C\N(C)/N=C/C/C=C/C=C\1. The van der Waals surface area contributed by atoms with E-state index in [2.05, 4.69) is 42.3 Å². The van der Waals surface area contributed by atoms with Gasteiger partial charge in [0, 0.05) is 25.9 Å². The van der Waals surface area contributed by atoms with Crippen LogP contribution < -0.4 is 0 Å². The quantitative estimate of drug-likeness (QED) is 0.586. The van der Waals surface area contributed by atoms with Gasteiger partial charge in [0.1, 0.15) is 0 Å². The summed E-state index contributed by atoms with van der Waals surface area (Å²) in [7, 11) is 2.76. The minimum Gasteiger partial charge on any atom is -0.276 e. The molecule has 0 fully saturated rings. The molecular weight excluding hydrogens is 179 g/mol. The van der Waals surface area contributed by atoms with Crippen LogP contribution in [-0.2, 0) is 0 Å². The average molecular weight is 194 g/mol. The molecule has 0 aliphatic carbocycles. The van der Waals surface area contributed by atoms with Crippen LogP contribution in [-0.4, -0.2) is 24.9 Å². The highest BCUT2D eigenvalue weighted by Gasteiger charge is 1.91. The van der Waals surface area contributed by atoms with Crippen molar-refractivity contribution in [3.05, 3.63) is 35.8 Å². The summed E-state index contributed by atoms with van der Waals surface area (Å²) in [4.78, 5) is 0. The van der Waals surface area contributed by atoms with Crippen molar-refractivity contribution in [3.8, 4) is 0 Å². The van der Waals surface area contributed by atoms with E-state index < -0.39 is 0 Å². The molecule has 0 saturated carbocycles. The summed E-state index contributed by atoms with van der Waals surface area (Å²) >= 11 is 0. The number of nitrogens with zero attached hydrogens (tertiary/aromatic N) is 2. The summed E-state index contributed by atoms with van der Waals surface area (Å²) in [5.74, 6) is 0. The zero-order valence-corrected chi connectivity index (χ0v) is 9.07. The van der Waals surface area contributed by atoms with E-state index in [0.717, 1.165) is 15.0 Å². The molecule has 0 saturated heterocycles. The summed E-state index contributed by atoms with van der Waals surface area (Å²) in [6, 6.07) is 0. The number of hydrogen-bond acceptors (Lipinski definition) is 2. The fraction of sp³-hybridized carbons (Fsp3) is 0.300. The molecule has 1 rings (SSSR count). The highest BCUT2D eigenvalue weighted by Crippen LogP contribution is 2.20. The molecule has 1 unspecified atom stereocenters. The molecule has 1 aliphatic rings. The van der Waals surface area contributed by atoms with Crippen molar-refractivity contribution in [2.45, 2.75) is 6.42 Å². The van der Waals surface area contributed by atoms with Gasteiger partial charge in [-0.25, -0.2) is 0 Å². The fourth-order valence-electron chi connectivity index (χ4n) is 0.979. The Balaban J connectivity index is 2.79. The van der Waals surface area contributed by atoms with Gasteiger partial charge in [-0.15, -0.1) is 0 Å². The largest absolute Gasteiger partial charge is 0.276 e. The van der Waals surface area contributed by atoms with E-state index in [4.69, 9.17) is 0 Å². The van der Waals surface area contributed by atoms with Crippen LogP contribution in [0.5, 0.6) is 0 Å². The van der Waals surface area contributed by atoms with Crippen molar-refractivity contribution >= 4 is 14.8 Å². The molecule has 70 valence electrons. The van der Waals surface area contributed by atoms with E-state index in [0.29, 0.717) is 0 Å². The summed E-state index contributed by atoms with van der Waals surface area (Å²) < 4.78 is 0. The van der Waals surface area contributed by atoms with Crippen LogP contribution >= 0.6 is 8.58 Å². The van der Waals surface area contributed by atoms with E-state index in [1.54, 1.807) is 0 Å². The van der Waals surface area contributed by atoms with Gasteiger partial charge in [0.15, 0.2) is 0 Å². The van der Waals surface area contributed by atoms with Gasteiger partial charge in [-0.05, 0) is 12.0 Å². The molecule has 1 heterocycles. The zero-order valence-electron chi connectivity index (χ0n) is 8.07. The Bertz CT molecular complexity index is 264. The molecule has 0 spiro atoms. The van der Waals surface area contributed by atoms with Crippen LogP contribution in [0.4, 0.5) is 0 Å². The highest BCUT2D eigenvalue weighted by atomic mass is 31.1. The monoisotopic (exact) mass is 194 g/mol. The Morgan fingerprint density at radius 3 is 3.08 bits per heavy atom. The molecule has 0 amide bonds. The topological polar surface area (TPSA) is 15.6 Å². The lowest BCUT2D eigenvalue weighted by Gasteiger charge is -2.08. The highest BCUT2D eigenvalue weighted by molar-refractivity contribution is 7.42. The van der Waals surface area contributed by atoms with Crippen molar-refractivity contribution in [3.63, 3.8) is 0 Å². The lowest BCUT2D eigenvalue weighted by Crippen LogP contribution is -2.01. The van der Waals surface area contributed by atoms with Gasteiger partial charge >= 0.3 is 0 Å². The second-order valence-electron chi connectivity index (χ2n) is 2.73. The van der Waals surface area contributed by atoms with E-state index in [-0.39, 0.29) is 0 Å².